The van der Waals surface area contributed by atoms with Crippen LogP contribution in [-0.2, 0) is 22.7 Å². The first-order valence-corrected chi connectivity index (χ1v) is 12.9. The van der Waals surface area contributed by atoms with Crippen LogP contribution in [0.1, 0.15) is 37.9 Å². The number of nitrogens with zero attached hydrogens (tertiary/aromatic N) is 4. The minimum Gasteiger partial charge on any atom is -0.497 e. The molecule has 0 saturated carbocycles. The van der Waals surface area contributed by atoms with Gasteiger partial charge in [-0.3, -0.25) is 9.59 Å². The summed E-state index contributed by atoms with van der Waals surface area (Å²) in [5.74, 6) is 0.848. The van der Waals surface area contributed by atoms with E-state index in [0.717, 1.165) is 5.56 Å². The summed E-state index contributed by atoms with van der Waals surface area (Å²) < 4.78 is 18.3. The smallest absolute Gasteiger partial charge is 0.248 e. The lowest BCUT2D eigenvalue weighted by atomic mass is 9.99. The van der Waals surface area contributed by atoms with Gasteiger partial charge in [-0.15, -0.1) is 5.10 Å². The van der Waals surface area contributed by atoms with E-state index in [4.69, 9.17) is 14.2 Å². The van der Waals surface area contributed by atoms with E-state index in [9.17, 15) is 9.59 Å². The van der Waals surface area contributed by atoms with Gasteiger partial charge in [-0.1, -0.05) is 35.5 Å². The number of aromatic nitrogens is 3. The Hall–Kier alpha value is -4.60. The second-order valence-electron chi connectivity index (χ2n) is 10.3. The minimum atomic E-state index is -1.07. The van der Waals surface area contributed by atoms with Gasteiger partial charge in [0.1, 0.15) is 35.4 Å². The van der Waals surface area contributed by atoms with Crippen LogP contribution in [0.5, 0.6) is 17.2 Å². The molecule has 0 bridgehead atoms. The van der Waals surface area contributed by atoms with E-state index in [1.807, 2.05) is 69.3 Å². The summed E-state index contributed by atoms with van der Waals surface area (Å²) in [4.78, 5) is 29.8. The molecule has 0 unspecified atom stereocenters. The zero-order valence-electron chi connectivity index (χ0n) is 23.7. The van der Waals surface area contributed by atoms with Crippen LogP contribution in [0.15, 0.2) is 66.7 Å². The average Bonchev–Trinajstić information content (AvgIpc) is 3.34. The minimum absolute atomic E-state index is 0.0814. The zero-order chi connectivity index (χ0) is 28.9. The highest BCUT2D eigenvalue weighted by Gasteiger charge is 2.36. The molecule has 1 aromatic heterocycles. The molecule has 1 N–H and O–H groups in total. The van der Waals surface area contributed by atoms with Crippen LogP contribution in [0.4, 0.5) is 0 Å². The molecule has 0 aliphatic carbocycles. The van der Waals surface area contributed by atoms with E-state index < -0.39 is 11.6 Å². The first kappa shape index (κ1) is 28.4. The molecule has 10 heteroatoms. The molecule has 3 aromatic carbocycles. The van der Waals surface area contributed by atoms with Crippen LogP contribution in [0.25, 0.3) is 11.0 Å². The van der Waals surface area contributed by atoms with Gasteiger partial charge in [0.25, 0.3) is 0 Å². The van der Waals surface area contributed by atoms with Crippen molar-refractivity contribution in [3.8, 4) is 17.2 Å². The average molecular weight is 546 g/mol. The summed E-state index contributed by atoms with van der Waals surface area (Å²) >= 11 is 0. The normalized spacial score (nSPS) is 12.1. The van der Waals surface area contributed by atoms with E-state index in [2.05, 4.69) is 15.6 Å². The number of methoxy groups -OCH3 is 3. The number of para-hydroxylation sites is 2. The number of carbonyl (C=O) groups is 2. The van der Waals surface area contributed by atoms with Crippen molar-refractivity contribution in [2.45, 2.75) is 45.4 Å². The second kappa shape index (κ2) is 12.1. The number of hydrogen-bond acceptors (Lipinski definition) is 7. The van der Waals surface area contributed by atoms with Crippen LogP contribution >= 0.6 is 0 Å². The molecule has 0 spiro atoms. The highest BCUT2D eigenvalue weighted by atomic mass is 16.5. The number of nitrogens with one attached hydrogen (secondary N) is 1. The molecule has 1 atom stereocenters. The Kier molecular flexibility index (Phi) is 8.57. The molecule has 1 heterocycles. The maximum Gasteiger partial charge on any atom is 0.248 e. The topological polar surface area (TPSA) is 108 Å². The molecular weight excluding hydrogens is 510 g/mol. The lowest BCUT2D eigenvalue weighted by Gasteiger charge is -2.34. The largest absolute Gasteiger partial charge is 0.497 e. The summed E-state index contributed by atoms with van der Waals surface area (Å²) in [5.41, 5.74) is 2.03. The van der Waals surface area contributed by atoms with E-state index in [-0.39, 0.29) is 24.9 Å². The number of benzene rings is 3. The molecule has 4 rings (SSSR count). The highest BCUT2D eigenvalue weighted by molar-refractivity contribution is 5.90. The van der Waals surface area contributed by atoms with Gasteiger partial charge in [-0.2, -0.15) is 0 Å². The number of hydrogen-bond donors (Lipinski definition) is 1. The van der Waals surface area contributed by atoms with Crippen LogP contribution in [-0.4, -0.2) is 58.6 Å². The fourth-order valence-electron chi connectivity index (χ4n) is 4.54. The van der Waals surface area contributed by atoms with Crippen molar-refractivity contribution in [1.29, 1.82) is 0 Å². The summed E-state index contributed by atoms with van der Waals surface area (Å²) in [6.45, 7) is 5.61. The Labute approximate surface area is 233 Å². The molecular formula is C30H35N5O5. The van der Waals surface area contributed by atoms with Gasteiger partial charge < -0.3 is 24.4 Å². The van der Waals surface area contributed by atoms with Crippen molar-refractivity contribution in [3.05, 3.63) is 77.9 Å². The van der Waals surface area contributed by atoms with Gasteiger partial charge in [0.2, 0.25) is 11.8 Å². The number of ether oxygens (including phenoxy) is 3. The molecule has 4 aromatic rings. The van der Waals surface area contributed by atoms with Crippen molar-refractivity contribution < 1.29 is 23.8 Å². The Morgan fingerprint density at radius 3 is 2.33 bits per heavy atom. The lowest BCUT2D eigenvalue weighted by Crippen LogP contribution is -2.49. The molecule has 40 heavy (non-hydrogen) atoms. The third-order valence-electron chi connectivity index (χ3n) is 6.35. The van der Waals surface area contributed by atoms with Crippen molar-refractivity contribution in [2.24, 2.45) is 0 Å². The first-order chi connectivity index (χ1) is 19.1. The molecule has 0 aliphatic heterocycles. The Bertz CT molecular complexity index is 1490. The first-order valence-electron chi connectivity index (χ1n) is 12.9. The SMILES string of the molecule is COc1ccc(OC)c([C@H](C(=O)NC(C)(C)C)N(Cc2ccccc2OC)C(=O)Cn2nnc3ccccc32)c1. The van der Waals surface area contributed by atoms with Crippen LogP contribution in [0, 0.1) is 0 Å². The van der Waals surface area contributed by atoms with E-state index in [1.54, 1.807) is 32.4 Å². The Balaban J connectivity index is 1.87. The third-order valence-corrected chi connectivity index (χ3v) is 6.35. The van der Waals surface area contributed by atoms with Gasteiger partial charge in [0.15, 0.2) is 0 Å². The molecule has 10 nitrogen and oxygen atoms in total. The monoisotopic (exact) mass is 545 g/mol. The number of rotatable bonds is 10. The summed E-state index contributed by atoms with van der Waals surface area (Å²) in [6.07, 6.45) is 0. The molecule has 210 valence electrons. The predicted molar refractivity (Wildman–Crippen MR) is 151 cm³/mol. The van der Waals surface area contributed by atoms with Gasteiger partial charge in [0.05, 0.1) is 33.4 Å². The molecule has 2 amide bonds. The van der Waals surface area contributed by atoms with Gasteiger partial charge in [-0.25, -0.2) is 4.68 Å². The van der Waals surface area contributed by atoms with E-state index in [0.29, 0.717) is 33.8 Å². The number of amides is 2. The van der Waals surface area contributed by atoms with Crippen molar-refractivity contribution in [1.82, 2.24) is 25.2 Å². The quantitative estimate of drug-likeness (QED) is 0.319. The van der Waals surface area contributed by atoms with Gasteiger partial charge >= 0.3 is 0 Å². The fraction of sp³-hybridized carbons (Fsp3) is 0.333. The summed E-state index contributed by atoms with van der Waals surface area (Å²) in [5, 5.41) is 11.4. The van der Waals surface area contributed by atoms with E-state index in [1.165, 1.54) is 16.7 Å². The Morgan fingerprint density at radius 1 is 0.925 bits per heavy atom. The van der Waals surface area contributed by atoms with Crippen molar-refractivity contribution >= 4 is 22.8 Å². The van der Waals surface area contributed by atoms with Gasteiger partial charge in [-0.05, 0) is 57.2 Å². The lowest BCUT2D eigenvalue weighted by molar-refractivity contribution is -0.143. The standard InChI is InChI=1S/C30H35N5O5/c1-30(2,3)31-29(37)28(22-17-21(38-4)15-16-26(22)40-6)34(18-20-11-7-10-14-25(20)39-5)27(36)19-35-24-13-9-8-12-23(24)32-33-35/h7-17,28H,18-19H2,1-6H3,(H,31,37)/t28-/m1/s1. The molecule has 0 fully saturated rings. The fourth-order valence-corrected chi connectivity index (χ4v) is 4.54. The number of fused-ring (bicyclic) bond motifs is 1. The zero-order valence-corrected chi connectivity index (χ0v) is 23.7. The van der Waals surface area contributed by atoms with Crippen LogP contribution in [0.3, 0.4) is 0 Å². The third kappa shape index (κ3) is 6.33. The van der Waals surface area contributed by atoms with Crippen molar-refractivity contribution in [3.63, 3.8) is 0 Å². The van der Waals surface area contributed by atoms with Gasteiger partial charge in [0, 0.05) is 16.7 Å². The summed E-state index contributed by atoms with van der Waals surface area (Å²) in [7, 11) is 4.64. The van der Waals surface area contributed by atoms with Crippen molar-refractivity contribution in [2.75, 3.05) is 21.3 Å². The summed E-state index contributed by atoms with van der Waals surface area (Å²) in [6, 6.07) is 18.9. The predicted octanol–water partition coefficient (Wildman–Crippen LogP) is 4.14. The molecule has 0 saturated heterocycles. The maximum absolute atomic E-state index is 14.2. The van der Waals surface area contributed by atoms with Crippen LogP contribution in [0.2, 0.25) is 0 Å². The second-order valence-corrected chi connectivity index (χ2v) is 10.3. The maximum atomic E-state index is 14.2. The highest BCUT2D eigenvalue weighted by Crippen LogP contribution is 2.35. The molecule has 0 aliphatic rings. The number of carbonyl (C=O) groups excluding carboxylic acids is 2. The van der Waals surface area contributed by atoms with E-state index >= 15 is 0 Å². The Morgan fingerprint density at radius 2 is 1.62 bits per heavy atom. The van der Waals surface area contributed by atoms with Crippen LogP contribution < -0.4 is 19.5 Å². The molecule has 0 radical (unpaired) electrons.